The minimum atomic E-state index is -0.473. The lowest BCUT2D eigenvalue weighted by atomic mass is 9.98. The topological polar surface area (TPSA) is 113 Å². The lowest BCUT2D eigenvalue weighted by molar-refractivity contribution is -0.384. The summed E-state index contributed by atoms with van der Waals surface area (Å²) >= 11 is 0. The maximum Gasteiger partial charge on any atom is 0.310 e. The smallest absolute Gasteiger partial charge is 0.310 e. The Labute approximate surface area is 187 Å². The highest BCUT2D eigenvalue weighted by atomic mass is 16.6. The Hall–Kier alpha value is -3.17. The van der Waals surface area contributed by atoms with Crippen molar-refractivity contribution in [2.75, 3.05) is 51.3 Å². The Balaban J connectivity index is 1.66. The number of amides is 2. The van der Waals surface area contributed by atoms with E-state index in [-0.39, 0.29) is 42.1 Å². The summed E-state index contributed by atoms with van der Waals surface area (Å²) in [6, 6.07) is 4.47. The minimum absolute atomic E-state index is 0.106. The SMILES string of the molecule is CCOC(=O)C1CCCN(C(=O)CN(C)C(=O)c2ccc(N3CCCC3)c([N+](=O)[O-])c2)C1. The number of benzene rings is 1. The van der Waals surface area contributed by atoms with Crippen molar-refractivity contribution in [1.29, 1.82) is 0 Å². The molecule has 0 bridgehead atoms. The van der Waals surface area contributed by atoms with Crippen LogP contribution in [0.5, 0.6) is 0 Å². The van der Waals surface area contributed by atoms with Gasteiger partial charge in [-0.15, -0.1) is 0 Å². The molecular formula is C22H30N4O6. The first kappa shape index (κ1) is 23.5. The quantitative estimate of drug-likeness (QED) is 0.358. The number of nitro groups is 1. The molecule has 0 N–H and O–H groups in total. The summed E-state index contributed by atoms with van der Waals surface area (Å²) in [5.41, 5.74) is 0.574. The van der Waals surface area contributed by atoms with E-state index in [9.17, 15) is 24.5 Å². The van der Waals surface area contributed by atoms with Crippen molar-refractivity contribution in [1.82, 2.24) is 9.80 Å². The number of ether oxygens (including phenoxy) is 1. The maximum atomic E-state index is 12.9. The van der Waals surface area contributed by atoms with Crippen LogP contribution in [-0.4, -0.2) is 78.9 Å². The first-order valence-corrected chi connectivity index (χ1v) is 11.0. The third kappa shape index (κ3) is 5.35. The van der Waals surface area contributed by atoms with Gasteiger partial charge in [-0.2, -0.15) is 0 Å². The number of nitrogens with zero attached hydrogens (tertiary/aromatic N) is 4. The van der Waals surface area contributed by atoms with Gasteiger partial charge in [0.1, 0.15) is 5.69 Å². The molecule has 0 radical (unpaired) electrons. The fraction of sp³-hybridized carbons (Fsp3) is 0.591. The number of piperidine rings is 1. The van der Waals surface area contributed by atoms with Crippen molar-refractivity contribution in [2.45, 2.75) is 32.6 Å². The number of hydrogen-bond donors (Lipinski definition) is 0. The molecule has 32 heavy (non-hydrogen) atoms. The van der Waals surface area contributed by atoms with Crippen LogP contribution in [0.15, 0.2) is 18.2 Å². The average Bonchev–Trinajstić information content (AvgIpc) is 3.33. The number of carbonyl (C=O) groups excluding carboxylic acids is 3. The normalized spacial score (nSPS) is 18.4. The Kier molecular flexibility index (Phi) is 7.66. The molecule has 1 aromatic rings. The van der Waals surface area contributed by atoms with Crippen LogP contribution >= 0.6 is 0 Å². The third-order valence-electron chi connectivity index (χ3n) is 5.98. The van der Waals surface area contributed by atoms with Crippen LogP contribution in [0.1, 0.15) is 43.0 Å². The molecule has 0 spiro atoms. The standard InChI is InChI=1S/C22H30N4O6/c1-3-32-22(29)17-7-6-12-25(14-17)20(27)15-23(2)21(28)16-8-9-18(19(13-16)26(30)31)24-10-4-5-11-24/h8-9,13,17H,3-7,10-12,14-15H2,1-2H3. The zero-order chi connectivity index (χ0) is 23.3. The van der Waals surface area contributed by atoms with E-state index in [0.29, 0.717) is 31.7 Å². The number of hydrogen-bond acceptors (Lipinski definition) is 7. The van der Waals surface area contributed by atoms with E-state index in [4.69, 9.17) is 4.74 Å². The number of carbonyl (C=O) groups is 3. The molecular weight excluding hydrogens is 416 g/mol. The molecule has 2 fully saturated rings. The van der Waals surface area contributed by atoms with Gasteiger partial charge >= 0.3 is 5.97 Å². The number of anilines is 1. The van der Waals surface area contributed by atoms with Crippen LogP contribution in [0, 0.1) is 16.0 Å². The van der Waals surface area contributed by atoms with Gasteiger partial charge in [-0.3, -0.25) is 24.5 Å². The molecule has 1 aromatic carbocycles. The van der Waals surface area contributed by atoms with Crippen molar-refractivity contribution in [3.8, 4) is 0 Å². The number of likely N-dealkylation sites (tertiary alicyclic amines) is 1. The highest BCUT2D eigenvalue weighted by Gasteiger charge is 2.31. The van der Waals surface area contributed by atoms with E-state index in [1.165, 1.54) is 18.0 Å². The van der Waals surface area contributed by atoms with Gasteiger partial charge < -0.3 is 19.4 Å². The fourth-order valence-corrected chi connectivity index (χ4v) is 4.28. The second-order valence-corrected chi connectivity index (χ2v) is 8.25. The van der Waals surface area contributed by atoms with E-state index in [0.717, 1.165) is 25.9 Å². The highest BCUT2D eigenvalue weighted by molar-refractivity contribution is 5.97. The van der Waals surface area contributed by atoms with Crippen molar-refractivity contribution in [3.63, 3.8) is 0 Å². The first-order valence-electron chi connectivity index (χ1n) is 11.0. The molecule has 2 saturated heterocycles. The van der Waals surface area contributed by atoms with Gasteiger partial charge in [0.2, 0.25) is 5.91 Å². The summed E-state index contributed by atoms with van der Waals surface area (Å²) in [6.45, 7) is 4.17. The van der Waals surface area contributed by atoms with Crippen LogP contribution in [0.25, 0.3) is 0 Å². The number of nitro benzene ring substituents is 1. The highest BCUT2D eigenvalue weighted by Crippen LogP contribution is 2.32. The van der Waals surface area contributed by atoms with Crippen LogP contribution in [0.4, 0.5) is 11.4 Å². The molecule has 0 aliphatic carbocycles. The van der Waals surface area contributed by atoms with Gasteiger partial charge in [-0.05, 0) is 44.7 Å². The van der Waals surface area contributed by atoms with Gasteiger partial charge in [-0.25, -0.2) is 0 Å². The molecule has 3 rings (SSSR count). The molecule has 10 heteroatoms. The minimum Gasteiger partial charge on any atom is -0.466 e. The van der Waals surface area contributed by atoms with Crippen molar-refractivity contribution in [2.24, 2.45) is 5.92 Å². The molecule has 1 unspecified atom stereocenters. The summed E-state index contributed by atoms with van der Waals surface area (Å²) in [5, 5.41) is 11.6. The fourth-order valence-electron chi connectivity index (χ4n) is 4.28. The van der Waals surface area contributed by atoms with Crippen molar-refractivity contribution < 1.29 is 24.0 Å². The Morgan fingerprint density at radius 2 is 1.91 bits per heavy atom. The van der Waals surface area contributed by atoms with E-state index >= 15 is 0 Å². The predicted octanol–water partition coefficient (Wildman–Crippen LogP) is 2.07. The lowest BCUT2D eigenvalue weighted by Gasteiger charge is -2.32. The zero-order valence-electron chi connectivity index (χ0n) is 18.6. The molecule has 10 nitrogen and oxygen atoms in total. The lowest BCUT2D eigenvalue weighted by Crippen LogP contribution is -2.47. The Bertz CT molecular complexity index is 883. The Morgan fingerprint density at radius 1 is 1.19 bits per heavy atom. The van der Waals surface area contributed by atoms with Crippen LogP contribution in [0.3, 0.4) is 0 Å². The van der Waals surface area contributed by atoms with Crippen molar-refractivity contribution in [3.05, 3.63) is 33.9 Å². The average molecular weight is 447 g/mol. The van der Waals surface area contributed by atoms with Gasteiger partial charge in [0.05, 0.1) is 24.0 Å². The first-order chi connectivity index (χ1) is 15.3. The van der Waals surface area contributed by atoms with E-state index in [1.54, 1.807) is 24.0 Å². The second-order valence-electron chi connectivity index (χ2n) is 8.25. The summed E-state index contributed by atoms with van der Waals surface area (Å²) in [7, 11) is 1.49. The maximum absolute atomic E-state index is 12.9. The van der Waals surface area contributed by atoms with Gasteiger partial charge in [-0.1, -0.05) is 0 Å². The summed E-state index contributed by atoms with van der Waals surface area (Å²) in [6.07, 6.45) is 3.33. The van der Waals surface area contributed by atoms with Crippen molar-refractivity contribution >= 4 is 29.2 Å². The van der Waals surface area contributed by atoms with E-state index in [2.05, 4.69) is 0 Å². The third-order valence-corrected chi connectivity index (χ3v) is 5.98. The number of rotatable bonds is 7. The molecule has 174 valence electrons. The van der Waals surface area contributed by atoms with Gasteiger partial charge in [0, 0.05) is 44.9 Å². The number of likely N-dealkylation sites (N-methyl/N-ethyl adjacent to an activating group) is 1. The molecule has 2 amide bonds. The monoisotopic (exact) mass is 446 g/mol. The predicted molar refractivity (Wildman–Crippen MR) is 117 cm³/mol. The van der Waals surface area contributed by atoms with Crippen LogP contribution in [0.2, 0.25) is 0 Å². The van der Waals surface area contributed by atoms with Crippen LogP contribution in [-0.2, 0) is 14.3 Å². The molecule has 2 aliphatic heterocycles. The summed E-state index contributed by atoms with van der Waals surface area (Å²) in [5.74, 6) is -1.39. The van der Waals surface area contributed by atoms with Gasteiger partial charge in [0.25, 0.3) is 11.6 Å². The van der Waals surface area contributed by atoms with E-state index < -0.39 is 10.8 Å². The second kappa shape index (κ2) is 10.4. The summed E-state index contributed by atoms with van der Waals surface area (Å²) in [4.78, 5) is 53.5. The largest absolute Gasteiger partial charge is 0.466 e. The molecule has 0 saturated carbocycles. The molecule has 2 heterocycles. The molecule has 0 aromatic heterocycles. The van der Waals surface area contributed by atoms with Gasteiger partial charge in [0.15, 0.2) is 0 Å². The van der Waals surface area contributed by atoms with E-state index in [1.807, 2.05) is 4.90 Å². The zero-order valence-corrected chi connectivity index (χ0v) is 18.6. The molecule has 1 atom stereocenters. The number of esters is 1. The summed E-state index contributed by atoms with van der Waals surface area (Å²) < 4.78 is 5.06. The van der Waals surface area contributed by atoms with Crippen LogP contribution < -0.4 is 4.90 Å². The Morgan fingerprint density at radius 3 is 2.56 bits per heavy atom. The molecule has 2 aliphatic rings.